The Morgan fingerprint density at radius 2 is 1.79 bits per heavy atom. The number of carbonyl (C=O) groups is 2. The van der Waals surface area contributed by atoms with Gasteiger partial charge in [0.05, 0.1) is 24.3 Å². The van der Waals surface area contributed by atoms with Crippen LogP contribution in [0, 0.1) is 0 Å². The van der Waals surface area contributed by atoms with Gasteiger partial charge in [-0.15, -0.1) is 0 Å². The van der Waals surface area contributed by atoms with Crippen molar-refractivity contribution in [3.63, 3.8) is 0 Å². The van der Waals surface area contributed by atoms with Gasteiger partial charge in [0.1, 0.15) is 17.3 Å². The number of carbonyl (C=O) groups excluding carboxylic acids is 2. The molecule has 1 amide bonds. The zero-order chi connectivity index (χ0) is 24.1. The summed E-state index contributed by atoms with van der Waals surface area (Å²) in [5.74, 6) is -0.217. The average Bonchev–Trinajstić information content (AvgIpc) is 3.02. The number of Topliss-reactive ketones (excluding diaryl/α,β-unsaturated/α-hetero) is 1. The van der Waals surface area contributed by atoms with Crippen molar-refractivity contribution in [2.75, 3.05) is 33.8 Å². The Morgan fingerprint density at radius 1 is 1.09 bits per heavy atom. The van der Waals surface area contributed by atoms with E-state index in [1.54, 1.807) is 24.3 Å². The maximum Gasteiger partial charge on any atom is 0.295 e. The normalized spacial score (nSPS) is 17.8. The number of ether oxygens (including phenoxy) is 2. The summed E-state index contributed by atoms with van der Waals surface area (Å²) in [4.78, 5) is 29.6. The molecule has 2 aromatic rings. The van der Waals surface area contributed by atoms with E-state index in [4.69, 9.17) is 9.47 Å². The van der Waals surface area contributed by atoms with Gasteiger partial charge in [-0.1, -0.05) is 12.1 Å². The van der Waals surface area contributed by atoms with Gasteiger partial charge in [-0.3, -0.25) is 9.59 Å². The van der Waals surface area contributed by atoms with Crippen LogP contribution in [0.15, 0.2) is 54.1 Å². The van der Waals surface area contributed by atoms with Crippen molar-refractivity contribution in [3.8, 4) is 11.5 Å². The van der Waals surface area contributed by atoms with Crippen molar-refractivity contribution in [1.82, 2.24) is 9.80 Å². The zero-order valence-electron chi connectivity index (χ0n) is 19.9. The standard InChI is InChI=1S/C26H32N2O5/c1-6-32-20-12-10-18(11-13-20)24(29)22-23(19-8-7-9-21(16-19)33-17(2)3)28(15-14-27(4)5)26(31)25(22)30/h7-13,16-17,23,29H,6,14-15H2,1-5H3/b24-22-. The fourth-order valence-electron chi connectivity index (χ4n) is 3.83. The Balaban J connectivity index is 2.10. The summed E-state index contributed by atoms with van der Waals surface area (Å²) in [6.07, 6.45) is -0.0239. The van der Waals surface area contributed by atoms with Crippen molar-refractivity contribution in [1.29, 1.82) is 0 Å². The summed E-state index contributed by atoms with van der Waals surface area (Å²) in [5, 5.41) is 11.2. The lowest BCUT2D eigenvalue weighted by Crippen LogP contribution is -2.35. The average molecular weight is 453 g/mol. The molecule has 1 aliphatic heterocycles. The molecule has 1 N–H and O–H groups in total. The molecule has 1 atom stereocenters. The molecule has 1 aliphatic rings. The number of aliphatic hydroxyl groups excluding tert-OH is 1. The first kappa shape index (κ1) is 24.3. The molecule has 1 saturated heterocycles. The van der Waals surface area contributed by atoms with Crippen LogP contribution >= 0.6 is 0 Å². The fraction of sp³-hybridized carbons (Fsp3) is 0.385. The maximum absolute atomic E-state index is 13.1. The van der Waals surface area contributed by atoms with Crippen LogP contribution in [0.4, 0.5) is 0 Å². The Labute approximate surface area is 195 Å². The number of likely N-dealkylation sites (tertiary alicyclic amines) is 1. The molecular weight excluding hydrogens is 420 g/mol. The summed E-state index contributed by atoms with van der Waals surface area (Å²) in [5.41, 5.74) is 1.23. The highest BCUT2D eigenvalue weighted by Crippen LogP contribution is 2.40. The summed E-state index contributed by atoms with van der Waals surface area (Å²) >= 11 is 0. The highest BCUT2D eigenvalue weighted by molar-refractivity contribution is 6.46. The number of benzene rings is 2. The van der Waals surface area contributed by atoms with Gasteiger partial charge >= 0.3 is 0 Å². The van der Waals surface area contributed by atoms with Crippen molar-refractivity contribution in [3.05, 3.63) is 65.2 Å². The maximum atomic E-state index is 13.1. The molecule has 2 aromatic carbocycles. The first-order valence-corrected chi connectivity index (χ1v) is 11.2. The summed E-state index contributed by atoms with van der Waals surface area (Å²) in [6.45, 7) is 7.20. The highest BCUT2D eigenvalue weighted by Gasteiger charge is 2.46. The molecule has 0 bridgehead atoms. The predicted molar refractivity (Wildman–Crippen MR) is 127 cm³/mol. The van der Waals surface area contributed by atoms with Gasteiger partial charge in [-0.2, -0.15) is 0 Å². The number of nitrogens with zero attached hydrogens (tertiary/aromatic N) is 2. The van der Waals surface area contributed by atoms with E-state index in [1.807, 2.05) is 64.0 Å². The van der Waals surface area contributed by atoms with E-state index in [0.29, 0.717) is 42.3 Å². The van der Waals surface area contributed by atoms with Crippen LogP contribution in [0.1, 0.15) is 37.9 Å². The predicted octanol–water partition coefficient (Wildman–Crippen LogP) is 3.86. The first-order chi connectivity index (χ1) is 15.7. The monoisotopic (exact) mass is 452 g/mol. The van der Waals surface area contributed by atoms with Gasteiger partial charge in [0, 0.05) is 18.7 Å². The fourth-order valence-corrected chi connectivity index (χ4v) is 3.83. The quantitative estimate of drug-likeness (QED) is 0.354. The van der Waals surface area contributed by atoms with E-state index < -0.39 is 17.7 Å². The second-order valence-electron chi connectivity index (χ2n) is 8.49. The van der Waals surface area contributed by atoms with Crippen LogP contribution in [0.3, 0.4) is 0 Å². The molecule has 0 spiro atoms. The van der Waals surface area contributed by atoms with Crippen molar-refractivity contribution in [2.45, 2.75) is 32.9 Å². The zero-order valence-corrected chi connectivity index (χ0v) is 19.9. The molecule has 1 heterocycles. The minimum Gasteiger partial charge on any atom is -0.507 e. The smallest absolute Gasteiger partial charge is 0.295 e. The lowest BCUT2D eigenvalue weighted by molar-refractivity contribution is -0.140. The van der Waals surface area contributed by atoms with Crippen LogP contribution < -0.4 is 9.47 Å². The topological polar surface area (TPSA) is 79.3 Å². The van der Waals surface area contributed by atoms with Crippen LogP contribution in [0.2, 0.25) is 0 Å². The largest absolute Gasteiger partial charge is 0.507 e. The van der Waals surface area contributed by atoms with Crippen molar-refractivity contribution in [2.24, 2.45) is 0 Å². The number of hydrogen-bond donors (Lipinski definition) is 1. The van der Waals surface area contributed by atoms with Crippen LogP contribution in [0.5, 0.6) is 11.5 Å². The lowest BCUT2D eigenvalue weighted by Gasteiger charge is -2.27. The molecule has 33 heavy (non-hydrogen) atoms. The van der Waals surface area contributed by atoms with Gasteiger partial charge in [0.15, 0.2) is 0 Å². The Bertz CT molecular complexity index is 1030. The van der Waals surface area contributed by atoms with Crippen molar-refractivity contribution >= 4 is 17.4 Å². The van der Waals surface area contributed by atoms with E-state index in [-0.39, 0.29) is 17.4 Å². The Kier molecular flexibility index (Phi) is 7.76. The second-order valence-corrected chi connectivity index (χ2v) is 8.49. The number of ketones is 1. The number of hydrogen-bond acceptors (Lipinski definition) is 6. The SMILES string of the molecule is CCOc1ccc(/C(O)=C2/C(=O)C(=O)N(CCN(C)C)C2c2cccc(OC(C)C)c2)cc1. The van der Waals surface area contributed by atoms with E-state index in [9.17, 15) is 14.7 Å². The molecule has 7 heteroatoms. The molecule has 0 saturated carbocycles. The molecule has 176 valence electrons. The molecule has 0 aliphatic carbocycles. The van der Waals surface area contributed by atoms with Gasteiger partial charge in [-0.05, 0) is 76.8 Å². The van der Waals surface area contributed by atoms with Crippen LogP contribution in [-0.4, -0.2) is 66.5 Å². The molecule has 0 aromatic heterocycles. The number of amides is 1. The number of aliphatic hydroxyl groups is 1. The summed E-state index contributed by atoms with van der Waals surface area (Å²) < 4.78 is 11.3. The van der Waals surface area contributed by atoms with E-state index >= 15 is 0 Å². The third kappa shape index (κ3) is 5.54. The van der Waals surface area contributed by atoms with Crippen LogP contribution in [-0.2, 0) is 9.59 Å². The van der Waals surface area contributed by atoms with Gasteiger partial charge in [-0.25, -0.2) is 0 Å². The minimum absolute atomic E-state index is 0.0239. The minimum atomic E-state index is -0.716. The Morgan fingerprint density at radius 3 is 2.39 bits per heavy atom. The second kappa shape index (κ2) is 10.5. The molecule has 1 fully saturated rings. The summed E-state index contributed by atoms with van der Waals surface area (Å²) in [6, 6.07) is 13.4. The van der Waals surface area contributed by atoms with E-state index in [2.05, 4.69) is 0 Å². The molecule has 0 radical (unpaired) electrons. The first-order valence-electron chi connectivity index (χ1n) is 11.2. The third-order valence-corrected chi connectivity index (χ3v) is 5.31. The van der Waals surface area contributed by atoms with Gasteiger partial charge < -0.3 is 24.4 Å². The Hall–Kier alpha value is -3.32. The van der Waals surface area contributed by atoms with Gasteiger partial charge in [0.25, 0.3) is 11.7 Å². The number of rotatable bonds is 9. The van der Waals surface area contributed by atoms with Gasteiger partial charge in [0.2, 0.25) is 0 Å². The molecule has 3 rings (SSSR count). The van der Waals surface area contributed by atoms with Crippen LogP contribution in [0.25, 0.3) is 5.76 Å². The third-order valence-electron chi connectivity index (χ3n) is 5.31. The highest BCUT2D eigenvalue weighted by atomic mass is 16.5. The molecule has 1 unspecified atom stereocenters. The van der Waals surface area contributed by atoms with E-state index in [0.717, 1.165) is 0 Å². The molecule has 7 nitrogen and oxygen atoms in total. The molecular formula is C26H32N2O5. The summed E-state index contributed by atoms with van der Waals surface area (Å²) in [7, 11) is 3.81. The number of likely N-dealkylation sites (N-methyl/N-ethyl adjacent to an activating group) is 1. The van der Waals surface area contributed by atoms with E-state index in [1.165, 1.54) is 4.90 Å². The van der Waals surface area contributed by atoms with Crippen molar-refractivity contribution < 1.29 is 24.2 Å². The lowest BCUT2D eigenvalue weighted by atomic mass is 9.95.